The number of aromatic hydroxyl groups is 1. The molecule has 6 heteroatoms. The van der Waals surface area contributed by atoms with Crippen molar-refractivity contribution in [3.8, 4) is 11.5 Å². The van der Waals surface area contributed by atoms with E-state index >= 15 is 0 Å². The molecule has 142 valence electrons. The Hall–Kier alpha value is -2.40. The van der Waals surface area contributed by atoms with Crippen LogP contribution >= 0.6 is 11.6 Å². The van der Waals surface area contributed by atoms with Crippen LogP contribution in [-0.4, -0.2) is 22.4 Å². The molecule has 4 rings (SSSR count). The molecule has 0 bridgehead atoms. The number of nitrogens with one attached hydrogen (secondary N) is 2. The van der Waals surface area contributed by atoms with Gasteiger partial charge in [0.25, 0.3) is 0 Å². The standard InChI is InChI=1S/C21H23ClN2O3/c1-12-8-13(25)9-17-18(12)15(14-6-4-5-7-16(14)22)10-21(27-17)11-20(2,3)23-19(26)24-21/h4-9,15,25H,10-11H2,1-3H3,(H2,23,24,26). The molecular formula is C21H23ClN2O3. The molecule has 1 spiro atoms. The first-order chi connectivity index (χ1) is 12.7. The lowest BCUT2D eigenvalue weighted by atomic mass is 9.76. The first kappa shape index (κ1) is 18.0. The summed E-state index contributed by atoms with van der Waals surface area (Å²) in [7, 11) is 0. The first-order valence-corrected chi connectivity index (χ1v) is 9.43. The highest BCUT2D eigenvalue weighted by atomic mass is 35.5. The van der Waals surface area contributed by atoms with E-state index in [-0.39, 0.29) is 17.7 Å². The Bertz CT molecular complexity index is 928. The second-order valence-corrected chi connectivity index (χ2v) is 8.60. The van der Waals surface area contributed by atoms with E-state index in [9.17, 15) is 9.90 Å². The molecule has 2 amide bonds. The van der Waals surface area contributed by atoms with E-state index in [1.807, 2.05) is 45.0 Å². The largest absolute Gasteiger partial charge is 0.508 e. The van der Waals surface area contributed by atoms with Gasteiger partial charge < -0.3 is 20.5 Å². The van der Waals surface area contributed by atoms with Gasteiger partial charge in [0.1, 0.15) is 11.5 Å². The molecule has 2 aromatic rings. The molecule has 2 unspecified atom stereocenters. The number of aryl methyl sites for hydroxylation is 1. The topological polar surface area (TPSA) is 70.6 Å². The number of ether oxygens (including phenoxy) is 1. The number of benzene rings is 2. The molecular weight excluding hydrogens is 364 g/mol. The van der Waals surface area contributed by atoms with Gasteiger partial charge in [0, 0.05) is 41.0 Å². The maximum Gasteiger partial charge on any atom is 0.318 e. The quantitative estimate of drug-likeness (QED) is 0.678. The summed E-state index contributed by atoms with van der Waals surface area (Å²) >= 11 is 6.53. The predicted octanol–water partition coefficient (Wildman–Crippen LogP) is 4.45. The number of rotatable bonds is 1. The van der Waals surface area contributed by atoms with Gasteiger partial charge in [0.2, 0.25) is 0 Å². The number of amides is 2. The number of hydrogen-bond acceptors (Lipinski definition) is 3. The van der Waals surface area contributed by atoms with E-state index in [1.165, 1.54) is 0 Å². The van der Waals surface area contributed by atoms with Crippen LogP contribution in [0.4, 0.5) is 4.79 Å². The monoisotopic (exact) mass is 386 g/mol. The van der Waals surface area contributed by atoms with E-state index < -0.39 is 11.3 Å². The Morgan fingerprint density at radius 2 is 1.96 bits per heavy atom. The number of carbonyl (C=O) groups is 1. The molecule has 0 saturated carbocycles. The van der Waals surface area contributed by atoms with Crippen molar-refractivity contribution in [2.75, 3.05) is 0 Å². The summed E-state index contributed by atoms with van der Waals surface area (Å²) in [6.07, 6.45) is 1.15. The molecule has 2 aliphatic heterocycles. The van der Waals surface area contributed by atoms with Crippen LogP contribution in [0.25, 0.3) is 0 Å². The summed E-state index contributed by atoms with van der Waals surface area (Å²) in [5, 5.41) is 16.7. The van der Waals surface area contributed by atoms with Crippen molar-refractivity contribution < 1.29 is 14.6 Å². The highest BCUT2D eigenvalue weighted by Crippen LogP contribution is 2.50. The number of fused-ring (bicyclic) bond motifs is 1. The molecule has 1 saturated heterocycles. The third-order valence-corrected chi connectivity index (χ3v) is 5.67. The van der Waals surface area contributed by atoms with Crippen LogP contribution in [0.2, 0.25) is 5.02 Å². The second kappa shape index (κ2) is 6.06. The normalized spacial score (nSPS) is 25.9. The zero-order valence-corrected chi connectivity index (χ0v) is 16.4. The molecule has 0 aliphatic carbocycles. The average molecular weight is 387 g/mol. The van der Waals surface area contributed by atoms with Crippen LogP contribution in [-0.2, 0) is 0 Å². The van der Waals surface area contributed by atoms with Crippen molar-refractivity contribution >= 4 is 17.6 Å². The Morgan fingerprint density at radius 3 is 2.67 bits per heavy atom. The molecule has 2 aliphatic rings. The van der Waals surface area contributed by atoms with Crippen LogP contribution in [0.5, 0.6) is 11.5 Å². The van der Waals surface area contributed by atoms with E-state index in [1.54, 1.807) is 12.1 Å². The van der Waals surface area contributed by atoms with Gasteiger partial charge in [-0.05, 0) is 44.0 Å². The highest BCUT2D eigenvalue weighted by Gasteiger charge is 2.50. The molecule has 1 fully saturated rings. The second-order valence-electron chi connectivity index (χ2n) is 8.19. The van der Waals surface area contributed by atoms with Crippen LogP contribution in [0.15, 0.2) is 36.4 Å². The highest BCUT2D eigenvalue weighted by molar-refractivity contribution is 6.31. The minimum Gasteiger partial charge on any atom is -0.508 e. The lowest BCUT2D eigenvalue weighted by molar-refractivity contribution is -0.0237. The van der Waals surface area contributed by atoms with Gasteiger partial charge in [-0.2, -0.15) is 0 Å². The SMILES string of the molecule is Cc1cc(O)cc2c1C(c1ccccc1Cl)CC1(CC(C)(C)NC(=O)N1)O2. The summed E-state index contributed by atoms with van der Waals surface area (Å²) < 4.78 is 6.34. The molecule has 0 aromatic heterocycles. The van der Waals surface area contributed by atoms with Crippen LogP contribution < -0.4 is 15.4 Å². The first-order valence-electron chi connectivity index (χ1n) is 9.05. The van der Waals surface area contributed by atoms with Crippen LogP contribution in [0.3, 0.4) is 0 Å². The maximum absolute atomic E-state index is 12.3. The fourth-order valence-electron chi connectivity index (χ4n) is 4.52. The minimum absolute atomic E-state index is 0.0581. The number of halogens is 1. The van der Waals surface area contributed by atoms with E-state index in [2.05, 4.69) is 10.6 Å². The Morgan fingerprint density at radius 1 is 1.22 bits per heavy atom. The minimum atomic E-state index is -0.872. The molecule has 5 nitrogen and oxygen atoms in total. The van der Waals surface area contributed by atoms with Gasteiger partial charge >= 0.3 is 6.03 Å². The number of phenols is 1. The summed E-state index contributed by atoms with van der Waals surface area (Å²) in [5.74, 6) is 0.666. The third-order valence-electron chi connectivity index (χ3n) is 5.32. The smallest absolute Gasteiger partial charge is 0.318 e. The molecule has 2 heterocycles. The Kier molecular flexibility index (Phi) is 4.04. The molecule has 2 atom stereocenters. The number of urea groups is 1. The fraction of sp³-hybridized carbons (Fsp3) is 0.381. The van der Waals surface area contributed by atoms with Crippen molar-refractivity contribution in [3.63, 3.8) is 0 Å². The Balaban J connectivity index is 1.89. The van der Waals surface area contributed by atoms with Crippen molar-refractivity contribution in [2.24, 2.45) is 0 Å². The van der Waals surface area contributed by atoms with Crippen LogP contribution in [0.1, 0.15) is 49.3 Å². The fourth-order valence-corrected chi connectivity index (χ4v) is 4.79. The third kappa shape index (κ3) is 3.21. The zero-order chi connectivity index (χ0) is 19.4. The lowest BCUT2D eigenvalue weighted by Gasteiger charge is -2.49. The Labute approximate surface area is 163 Å². The summed E-state index contributed by atoms with van der Waals surface area (Å²) in [6, 6.07) is 10.8. The van der Waals surface area contributed by atoms with Gasteiger partial charge in [-0.25, -0.2) is 4.79 Å². The zero-order valence-electron chi connectivity index (χ0n) is 15.6. The number of carbonyl (C=O) groups excluding carboxylic acids is 1. The summed E-state index contributed by atoms with van der Waals surface area (Å²) in [6.45, 7) is 5.91. The molecule has 27 heavy (non-hydrogen) atoms. The van der Waals surface area contributed by atoms with E-state index in [0.717, 1.165) is 16.7 Å². The number of phenolic OH excluding ortho intramolecular Hbond substituents is 1. The van der Waals surface area contributed by atoms with Crippen molar-refractivity contribution in [1.82, 2.24) is 10.6 Å². The molecule has 0 radical (unpaired) electrons. The maximum atomic E-state index is 12.3. The van der Waals surface area contributed by atoms with Gasteiger partial charge in [-0.15, -0.1) is 0 Å². The molecule has 2 aromatic carbocycles. The van der Waals surface area contributed by atoms with Crippen molar-refractivity contribution in [1.29, 1.82) is 0 Å². The van der Waals surface area contributed by atoms with E-state index in [4.69, 9.17) is 16.3 Å². The van der Waals surface area contributed by atoms with Gasteiger partial charge in [-0.3, -0.25) is 0 Å². The number of hydrogen-bond donors (Lipinski definition) is 3. The average Bonchev–Trinajstić information content (AvgIpc) is 2.51. The van der Waals surface area contributed by atoms with Gasteiger partial charge in [0.05, 0.1) is 0 Å². The van der Waals surface area contributed by atoms with Crippen LogP contribution in [0, 0.1) is 6.92 Å². The van der Waals surface area contributed by atoms with E-state index in [0.29, 0.717) is 23.6 Å². The molecule has 3 N–H and O–H groups in total. The summed E-state index contributed by atoms with van der Waals surface area (Å²) in [5.41, 5.74) is 1.63. The van der Waals surface area contributed by atoms with Gasteiger partial charge in [-0.1, -0.05) is 29.8 Å². The van der Waals surface area contributed by atoms with Crippen molar-refractivity contribution in [3.05, 3.63) is 58.1 Å². The van der Waals surface area contributed by atoms with Crippen molar-refractivity contribution in [2.45, 2.75) is 50.8 Å². The predicted molar refractivity (Wildman–Crippen MR) is 104 cm³/mol. The lowest BCUT2D eigenvalue weighted by Crippen LogP contribution is -2.69. The van der Waals surface area contributed by atoms with Gasteiger partial charge in [0.15, 0.2) is 5.72 Å². The summed E-state index contributed by atoms with van der Waals surface area (Å²) in [4.78, 5) is 12.3.